The van der Waals surface area contributed by atoms with Crippen LogP contribution in [0.1, 0.15) is 50.4 Å². The van der Waals surface area contributed by atoms with Gasteiger partial charge in [0.1, 0.15) is 17.5 Å². The molecule has 0 spiro atoms. The molecule has 4 heteroatoms. The zero-order valence-electron chi connectivity index (χ0n) is 11.7. The Morgan fingerprint density at radius 2 is 1.83 bits per heavy atom. The van der Waals surface area contributed by atoms with Crippen LogP contribution < -0.4 is 11.1 Å². The molecule has 2 rings (SSSR count). The first-order valence-corrected chi connectivity index (χ1v) is 6.95. The average Bonchev–Trinajstić information content (AvgIpc) is 2.51. The standard InChI is InChI=1S/C14H24N4/c1-9-7-5-4-6-8-12(9)18-14-10(2)13(15)16-11(3)17-14/h9,12H,4-8H2,1-3H3,(H3,15,16,17,18). The van der Waals surface area contributed by atoms with Crippen LogP contribution in [0.15, 0.2) is 0 Å². The molecule has 1 aromatic heterocycles. The van der Waals surface area contributed by atoms with E-state index in [9.17, 15) is 0 Å². The van der Waals surface area contributed by atoms with Gasteiger partial charge in [-0.05, 0) is 32.6 Å². The topological polar surface area (TPSA) is 63.8 Å². The van der Waals surface area contributed by atoms with Crippen molar-refractivity contribution in [3.8, 4) is 0 Å². The highest BCUT2D eigenvalue weighted by Gasteiger charge is 2.21. The number of hydrogen-bond donors (Lipinski definition) is 2. The highest BCUT2D eigenvalue weighted by molar-refractivity contribution is 5.55. The molecule has 1 aliphatic carbocycles. The van der Waals surface area contributed by atoms with Gasteiger partial charge in [0.05, 0.1) is 0 Å². The lowest BCUT2D eigenvalue weighted by Crippen LogP contribution is -2.27. The highest BCUT2D eigenvalue weighted by Crippen LogP contribution is 2.27. The predicted octanol–water partition coefficient (Wildman–Crippen LogP) is 3.06. The van der Waals surface area contributed by atoms with Crippen LogP contribution in [-0.2, 0) is 0 Å². The van der Waals surface area contributed by atoms with Crippen LogP contribution in [0.25, 0.3) is 0 Å². The van der Waals surface area contributed by atoms with E-state index in [4.69, 9.17) is 5.73 Å². The van der Waals surface area contributed by atoms with Crippen molar-refractivity contribution in [2.45, 2.75) is 58.9 Å². The monoisotopic (exact) mass is 248 g/mol. The van der Waals surface area contributed by atoms with Gasteiger partial charge >= 0.3 is 0 Å². The summed E-state index contributed by atoms with van der Waals surface area (Å²) >= 11 is 0. The molecule has 0 saturated heterocycles. The summed E-state index contributed by atoms with van der Waals surface area (Å²) < 4.78 is 0. The van der Waals surface area contributed by atoms with Gasteiger partial charge in [-0.3, -0.25) is 0 Å². The summed E-state index contributed by atoms with van der Waals surface area (Å²) in [6, 6.07) is 0.514. The van der Waals surface area contributed by atoms with E-state index in [1.165, 1.54) is 32.1 Å². The van der Waals surface area contributed by atoms with Gasteiger partial charge in [0.2, 0.25) is 0 Å². The Labute approximate surface area is 109 Å². The summed E-state index contributed by atoms with van der Waals surface area (Å²) in [5.41, 5.74) is 6.87. The second-order valence-corrected chi connectivity index (χ2v) is 5.50. The van der Waals surface area contributed by atoms with Gasteiger partial charge in [-0.1, -0.05) is 26.2 Å². The number of anilines is 2. The number of aryl methyl sites for hydroxylation is 1. The van der Waals surface area contributed by atoms with Crippen molar-refractivity contribution in [2.24, 2.45) is 5.92 Å². The Morgan fingerprint density at radius 1 is 1.11 bits per heavy atom. The third-order valence-electron chi connectivity index (χ3n) is 3.98. The first kappa shape index (κ1) is 13.1. The second-order valence-electron chi connectivity index (χ2n) is 5.50. The van der Waals surface area contributed by atoms with E-state index in [0.717, 1.165) is 17.2 Å². The number of nitrogens with zero attached hydrogens (tertiary/aromatic N) is 2. The normalized spacial score (nSPS) is 24.6. The summed E-state index contributed by atoms with van der Waals surface area (Å²) in [4.78, 5) is 8.68. The van der Waals surface area contributed by atoms with Gasteiger partial charge in [-0.15, -0.1) is 0 Å². The van der Waals surface area contributed by atoms with Crippen molar-refractivity contribution in [3.05, 3.63) is 11.4 Å². The predicted molar refractivity (Wildman–Crippen MR) is 75.6 cm³/mol. The van der Waals surface area contributed by atoms with Gasteiger partial charge in [0, 0.05) is 11.6 Å². The van der Waals surface area contributed by atoms with Crippen molar-refractivity contribution in [3.63, 3.8) is 0 Å². The summed E-state index contributed by atoms with van der Waals surface area (Å²) in [5, 5.41) is 3.59. The van der Waals surface area contributed by atoms with Gasteiger partial charge in [-0.2, -0.15) is 0 Å². The molecule has 4 nitrogen and oxygen atoms in total. The Hall–Kier alpha value is -1.32. The number of aromatic nitrogens is 2. The van der Waals surface area contributed by atoms with Crippen LogP contribution in [0.2, 0.25) is 0 Å². The first-order chi connectivity index (χ1) is 8.58. The number of rotatable bonds is 2. The average molecular weight is 248 g/mol. The van der Waals surface area contributed by atoms with E-state index in [-0.39, 0.29) is 0 Å². The third kappa shape index (κ3) is 2.92. The molecule has 18 heavy (non-hydrogen) atoms. The summed E-state index contributed by atoms with van der Waals surface area (Å²) in [6.45, 7) is 6.20. The minimum Gasteiger partial charge on any atom is -0.383 e. The molecule has 1 aliphatic rings. The summed E-state index contributed by atoms with van der Waals surface area (Å²) in [7, 11) is 0. The van der Waals surface area contributed by atoms with Gasteiger partial charge in [0.15, 0.2) is 0 Å². The Kier molecular flexibility index (Phi) is 4.04. The fraction of sp³-hybridized carbons (Fsp3) is 0.714. The molecular weight excluding hydrogens is 224 g/mol. The highest BCUT2D eigenvalue weighted by atomic mass is 15.1. The number of nitrogen functional groups attached to an aromatic ring is 1. The first-order valence-electron chi connectivity index (χ1n) is 6.95. The number of nitrogens with two attached hydrogens (primary N) is 1. The molecule has 0 aromatic carbocycles. The summed E-state index contributed by atoms with van der Waals surface area (Å²) in [5.74, 6) is 2.94. The van der Waals surface area contributed by atoms with E-state index in [2.05, 4.69) is 22.2 Å². The fourth-order valence-corrected chi connectivity index (χ4v) is 2.67. The molecule has 100 valence electrons. The number of hydrogen-bond acceptors (Lipinski definition) is 4. The molecular formula is C14H24N4. The van der Waals surface area contributed by atoms with Crippen molar-refractivity contribution < 1.29 is 0 Å². The SMILES string of the molecule is Cc1nc(N)c(C)c(NC2CCCCCC2C)n1. The van der Waals surface area contributed by atoms with E-state index in [1.54, 1.807) is 0 Å². The number of nitrogens with one attached hydrogen (secondary N) is 1. The minimum absolute atomic E-state index is 0.514. The van der Waals surface area contributed by atoms with Crippen LogP contribution in [0.3, 0.4) is 0 Å². The van der Waals surface area contributed by atoms with Crippen LogP contribution in [0, 0.1) is 19.8 Å². The van der Waals surface area contributed by atoms with Gasteiger partial charge in [-0.25, -0.2) is 9.97 Å². The van der Waals surface area contributed by atoms with Crippen molar-refractivity contribution >= 4 is 11.6 Å². The smallest absolute Gasteiger partial charge is 0.134 e. The Balaban J connectivity index is 2.17. The molecule has 0 radical (unpaired) electrons. The minimum atomic E-state index is 0.514. The van der Waals surface area contributed by atoms with Crippen LogP contribution >= 0.6 is 0 Å². The lowest BCUT2D eigenvalue weighted by atomic mass is 9.97. The van der Waals surface area contributed by atoms with E-state index in [0.29, 0.717) is 17.8 Å². The van der Waals surface area contributed by atoms with Crippen molar-refractivity contribution in [2.75, 3.05) is 11.1 Å². The Morgan fingerprint density at radius 3 is 2.61 bits per heavy atom. The van der Waals surface area contributed by atoms with Gasteiger partial charge in [0.25, 0.3) is 0 Å². The molecule has 1 heterocycles. The van der Waals surface area contributed by atoms with E-state index < -0.39 is 0 Å². The Bertz CT molecular complexity index is 417. The zero-order valence-corrected chi connectivity index (χ0v) is 11.7. The largest absolute Gasteiger partial charge is 0.383 e. The van der Waals surface area contributed by atoms with E-state index in [1.807, 2.05) is 13.8 Å². The molecule has 0 aliphatic heterocycles. The van der Waals surface area contributed by atoms with Crippen molar-refractivity contribution in [1.29, 1.82) is 0 Å². The fourth-order valence-electron chi connectivity index (χ4n) is 2.67. The van der Waals surface area contributed by atoms with Crippen LogP contribution in [-0.4, -0.2) is 16.0 Å². The second kappa shape index (κ2) is 5.55. The molecule has 2 atom stereocenters. The zero-order chi connectivity index (χ0) is 13.1. The summed E-state index contributed by atoms with van der Waals surface area (Å²) in [6.07, 6.45) is 6.54. The van der Waals surface area contributed by atoms with Crippen LogP contribution in [0.5, 0.6) is 0 Å². The molecule has 0 amide bonds. The maximum Gasteiger partial charge on any atom is 0.134 e. The maximum atomic E-state index is 5.90. The maximum absolute atomic E-state index is 5.90. The molecule has 1 fully saturated rings. The van der Waals surface area contributed by atoms with E-state index >= 15 is 0 Å². The van der Waals surface area contributed by atoms with Crippen molar-refractivity contribution in [1.82, 2.24) is 9.97 Å². The molecule has 1 aromatic rings. The molecule has 3 N–H and O–H groups in total. The molecule has 2 unspecified atom stereocenters. The lowest BCUT2D eigenvalue weighted by Gasteiger charge is -2.24. The van der Waals surface area contributed by atoms with Crippen LogP contribution in [0.4, 0.5) is 11.6 Å². The molecule has 1 saturated carbocycles. The van der Waals surface area contributed by atoms with Gasteiger partial charge < -0.3 is 11.1 Å². The third-order valence-corrected chi connectivity index (χ3v) is 3.98. The molecule has 0 bridgehead atoms. The lowest BCUT2D eigenvalue weighted by molar-refractivity contribution is 0.455. The quantitative estimate of drug-likeness (QED) is 0.790.